The molecule has 0 saturated carbocycles. The van der Waals surface area contributed by atoms with Gasteiger partial charge in [-0.1, -0.05) is 0 Å². The third-order valence-electron chi connectivity index (χ3n) is 2.77. The van der Waals surface area contributed by atoms with Crippen LogP contribution in [0, 0.1) is 5.41 Å². The van der Waals surface area contributed by atoms with Crippen molar-refractivity contribution in [3.8, 4) is 0 Å². The molecule has 0 aromatic carbocycles. The molecule has 0 aliphatic heterocycles. The number of amides is 1. The number of carbonyl (C=O) groups is 2. The summed E-state index contributed by atoms with van der Waals surface area (Å²) in [4.78, 5) is 26.6. The zero-order valence-corrected chi connectivity index (χ0v) is 10.8. The molecule has 0 aliphatic carbocycles. The van der Waals surface area contributed by atoms with Crippen LogP contribution in [0.25, 0.3) is 0 Å². The van der Waals surface area contributed by atoms with Crippen LogP contribution in [0.1, 0.15) is 38.8 Å². The van der Waals surface area contributed by atoms with Gasteiger partial charge in [0.05, 0.1) is 11.5 Å². The van der Waals surface area contributed by atoms with Crippen LogP contribution in [0.3, 0.4) is 0 Å². The van der Waals surface area contributed by atoms with E-state index in [1.54, 1.807) is 12.4 Å². The molecule has 1 heterocycles. The van der Waals surface area contributed by atoms with E-state index in [1.165, 1.54) is 13.8 Å². The van der Waals surface area contributed by atoms with Crippen LogP contribution in [0.2, 0.25) is 0 Å². The largest absolute Gasteiger partial charge is 0.481 e. The van der Waals surface area contributed by atoms with Crippen LogP contribution in [0.4, 0.5) is 0 Å². The molecule has 0 spiro atoms. The first-order chi connectivity index (χ1) is 8.33. The van der Waals surface area contributed by atoms with Crippen molar-refractivity contribution in [2.45, 2.75) is 33.2 Å². The number of hydrogen-bond acceptors (Lipinski definition) is 3. The molecule has 0 aliphatic rings. The maximum absolute atomic E-state index is 11.8. The van der Waals surface area contributed by atoms with E-state index in [4.69, 9.17) is 5.11 Å². The molecule has 1 atom stereocenters. The summed E-state index contributed by atoms with van der Waals surface area (Å²) in [6.45, 7) is 4.92. The van der Waals surface area contributed by atoms with Crippen molar-refractivity contribution < 1.29 is 14.7 Å². The van der Waals surface area contributed by atoms with Gasteiger partial charge in [0.2, 0.25) is 5.91 Å². The molecule has 0 bridgehead atoms. The second kappa shape index (κ2) is 5.62. The summed E-state index contributed by atoms with van der Waals surface area (Å²) < 4.78 is 0. The maximum Gasteiger partial charge on any atom is 0.309 e. The van der Waals surface area contributed by atoms with E-state index < -0.39 is 11.4 Å². The van der Waals surface area contributed by atoms with Crippen molar-refractivity contribution in [3.05, 3.63) is 30.1 Å². The molecule has 5 heteroatoms. The molecule has 5 nitrogen and oxygen atoms in total. The number of nitrogens with zero attached hydrogens (tertiary/aromatic N) is 1. The molecule has 1 amide bonds. The predicted molar refractivity (Wildman–Crippen MR) is 66.8 cm³/mol. The van der Waals surface area contributed by atoms with Crippen molar-refractivity contribution in [3.63, 3.8) is 0 Å². The Balaban J connectivity index is 2.58. The van der Waals surface area contributed by atoms with Crippen molar-refractivity contribution >= 4 is 11.9 Å². The minimum atomic E-state index is -1.05. The third kappa shape index (κ3) is 3.84. The Hall–Kier alpha value is -1.91. The second-order valence-electron chi connectivity index (χ2n) is 4.94. The van der Waals surface area contributed by atoms with E-state index in [1.807, 2.05) is 19.1 Å². The Bertz CT molecular complexity index is 429. The third-order valence-corrected chi connectivity index (χ3v) is 2.77. The van der Waals surface area contributed by atoms with Gasteiger partial charge in [0, 0.05) is 18.8 Å². The van der Waals surface area contributed by atoms with Crippen LogP contribution in [-0.4, -0.2) is 22.0 Å². The number of aliphatic carboxylic acids is 1. The molecule has 1 rings (SSSR count). The summed E-state index contributed by atoms with van der Waals surface area (Å²) in [5.74, 6) is -1.25. The normalized spacial score (nSPS) is 12.8. The van der Waals surface area contributed by atoms with Gasteiger partial charge in [-0.3, -0.25) is 14.6 Å². The van der Waals surface area contributed by atoms with Gasteiger partial charge in [0.1, 0.15) is 0 Å². The van der Waals surface area contributed by atoms with Crippen LogP contribution in [0.5, 0.6) is 0 Å². The van der Waals surface area contributed by atoms with E-state index in [0.29, 0.717) is 0 Å². The summed E-state index contributed by atoms with van der Waals surface area (Å²) >= 11 is 0. The van der Waals surface area contributed by atoms with Gasteiger partial charge < -0.3 is 10.4 Å². The van der Waals surface area contributed by atoms with Crippen molar-refractivity contribution in [2.24, 2.45) is 5.41 Å². The van der Waals surface area contributed by atoms with E-state index in [-0.39, 0.29) is 18.4 Å². The zero-order valence-electron chi connectivity index (χ0n) is 10.8. The van der Waals surface area contributed by atoms with Crippen molar-refractivity contribution in [1.82, 2.24) is 10.3 Å². The lowest BCUT2D eigenvalue weighted by atomic mass is 9.89. The molecule has 1 aromatic rings. The van der Waals surface area contributed by atoms with E-state index in [2.05, 4.69) is 10.3 Å². The predicted octanol–water partition coefficient (Wildman–Crippen LogP) is 1.76. The number of rotatable bonds is 5. The standard InChI is InChI=1S/C13H18N2O3/c1-9(10-4-6-14-7-5-10)15-11(16)8-13(2,3)12(17)18/h4-7,9H,8H2,1-3H3,(H,15,16)(H,17,18). The molecule has 0 saturated heterocycles. The minimum absolute atomic E-state index is 0.0439. The first-order valence-electron chi connectivity index (χ1n) is 5.75. The Morgan fingerprint density at radius 2 is 1.94 bits per heavy atom. The Kier molecular flexibility index (Phi) is 4.42. The summed E-state index contributed by atoms with van der Waals surface area (Å²) in [5.41, 5.74) is -0.117. The molecule has 2 N–H and O–H groups in total. The highest BCUT2D eigenvalue weighted by Crippen LogP contribution is 2.21. The lowest BCUT2D eigenvalue weighted by molar-refractivity contribution is -0.149. The molecular weight excluding hydrogens is 232 g/mol. The SMILES string of the molecule is CC(NC(=O)CC(C)(C)C(=O)O)c1ccncc1. The topological polar surface area (TPSA) is 79.3 Å². The summed E-state index contributed by atoms with van der Waals surface area (Å²) in [7, 11) is 0. The monoisotopic (exact) mass is 250 g/mol. The van der Waals surface area contributed by atoms with Crippen LogP contribution in [0.15, 0.2) is 24.5 Å². The van der Waals surface area contributed by atoms with Crippen LogP contribution in [-0.2, 0) is 9.59 Å². The lowest BCUT2D eigenvalue weighted by Gasteiger charge is -2.20. The molecule has 98 valence electrons. The van der Waals surface area contributed by atoms with Gasteiger partial charge in [0.25, 0.3) is 0 Å². The van der Waals surface area contributed by atoms with Gasteiger partial charge in [-0.05, 0) is 38.5 Å². The van der Waals surface area contributed by atoms with Gasteiger partial charge >= 0.3 is 5.97 Å². The first kappa shape index (κ1) is 14.2. The van der Waals surface area contributed by atoms with Gasteiger partial charge in [-0.25, -0.2) is 0 Å². The average molecular weight is 250 g/mol. The molecule has 0 fully saturated rings. The maximum atomic E-state index is 11.8. The van der Waals surface area contributed by atoms with Gasteiger partial charge in [-0.2, -0.15) is 0 Å². The average Bonchev–Trinajstić information content (AvgIpc) is 2.29. The quantitative estimate of drug-likeness (QED) is 0.834. The second-order valence-corrected chi connectivity index (χ2v) is 4.94. The zero-order chi connectivity index (χ0) is 13.8. The van der Waals surface area contributed by atoms with E-state index in [9.17, 15) is 9.59 Å². The fourth-order valence-electron chi connectivity index (χ4n) is 1.50. The minimum Gasteiger partial charge on any atom is -0.481 e. The van der Waals surface area contributed by atoms with Crippen molar-refractivity contribution in [2.75, 3.05) is 0 Å². The first-order valence-corrected chi connectivity index (χ1v) is 5.75. The van der Waals surface area contributed by atoms with Crippen molar-refractivity contribution in [1.29, 1.82) is 0 Å². The smallest absolute Gasteiger partial charge is 0.309 e. The number of nitrogens with one attached hydrogen (secondary N) is 1. The summed E-state index contributed by atoms with van der Waals surface area (Å²) in [6.07, 6.45) is 3.26. The number of aromatic nitrogens is 1. The molecular formula is C13H18N2O3. The summed E-state index contributed by atoms with van der Waals surface area (Å²) in [6, 6.07) is 3.46. The number of carboxylic acids is 1. The fraction of sp³-hybridized carbons (Fsp3) is 0.462. The molecule has 1 unspecified atom stereocenters. The lowest BCUT2D eigenvalue weighted by Crippen LogP contribution is -2.34. The highest BCUT2D eigenvalue weighted by Gasteiger charge is 2.30. The van der Waals surface area contributed by atoms with Gasteiger partial charge in [0.15, 0.2) is 0 Å². The molecule has 1 aromatic heterocycles. The Morgan fingerprint density at radius 1 is 1.39 bits per heavy atom. The number of hydrogen-bond donors (Lipinski definition) is 2. The highest BCUT2D eigenvalue weighted by atomic mass is 16.4. The Morgan fingerprint density at radius 3 is 2.44 bits per heavy atom. The number of carboxylic acid groups (broad SMARTS) is 1. The number of pyridine rings is 1. The number of carbonyl (C=O) groups excluding carboxylic acids is 1. The fourth-order valence-corrected chi connectivity index (χ4v) is 1.50. The van der Waals surface area contributed by atoms with E-state index >= 15 is 0 Å². The molecule has 0 radical (unpaired) electrons. The summed E-state index contributed by atoms with van der Waals surface area (Å²) in [5, 5.41) is 11.7. The van der Waals surface area contributed by atoms with Crippen LogP contribution >= 0.6 is 0 Å². The molecule has 18 heavy (non-hydrogen) atoms. The van der Waals surface area contributed by atoms with Gasteiger partial charge in [-0.15, -0.1) is 0 Å². The Labute approximate surface area is 106 Å². The van der Waals surface area contributed by atoms with Crippen LogP contribution < -0.4 is 5.32 Å². The highest BCUT2D eigenvalue weighted by molar-refractivity contribution is 5.84. The van der Waals surface area contributed by atoms with E-state index in [0.717, 1.165) is 5.56 Å².